The summed E-state index contributed by atoms with van der Waals surface area (Å²) in [4.78, 5) is 11.2. The molecular formula is C13H15NO2. The molecule has 2 rings (SSSR count). The number of aromatic nitrogens is 1. The van der Waals surface area contributed by atoms with E-state index in [0.717, 1.165) is 29.6 Å². The molecule has 84 valence electrons. The molecule has 0 unspecified atom stereocenters. The Morgan fingerprint density at radius 3 is 2.81 bits per heavy atom. The molecule has 0 radical (unpaired) electrons. The second-order valence-electron chi connectivity index (χ2n) is 3.99. The van der Waals surface area contributed by atoms with Crippen LogP contribution >= 0.6 is 0 Å². The van der Waals surface area contributed by atoms with Gasteiger partial charge in [-0.2, -0.15) is 0 Å². The van der Waals surface area contributed by atoms with Gasteiger partial charge in [-0.3, -0.25) is 0 Å². The fourth-order valence-electron chi connectivity index (χ4n) is 2.14. The van der Waals surface area contributed by atoms with E-state index < -0.39 is 5.97 Å². The average molecular weight is 217 g/mol. The molecule has 3 heteroatoms. The Kier molecular flexibility index (Phi) is 2.69. The van der Waals surface area contributed by atoms with Gasteiger partial charge in [0.25, 0.3) is 0 Å². The SMILES string of the molecule is CCCn1c(C)cc2cccc(C(=O)O)c21. The highest BCUT2D eigenvalue weighted by Gasteiger charge is 2.13. The fourth-order valence-corrected chi connectivity index (χ4v) is 2.14. The van der Waals surface area contributed by atoms with Crippen LogP contribution in [0, 0.1) is 6.92 Å². The molecule has 0 saturated carbocycles. The van der Waals surface area contributed by atoms with Gasteiger partial charge in [0, 0.05) is 17.6 Å². The van der Waals surface area contributed by atoms with Gasteiger partial charge in [0.1, 0.15) is 0 Å². The van der Waals surface area contributed by atoms with Crippen LogP contribution in [0.2, 0.25) is 0 Å². The molecule has 0 atom stereocenters. The van der Waals surface area contributed by atoms with Gasteiger partial charge in [0.2, 0.25) is 0 Å². The molecule has 1 N–H and O–H groups in total. The first kappa shape index (κ1) is 10.7. The molecule has 0 spiro atoms. The standard InChI is InChI=1S/C13H15NO2/c1-3-7-14-9(2)8-10-5-4-6-11(12(10)14)13(15)16/h4-6,8H,3,7H2,1-2H3,(H,15,16). The molecule has 0 aliphatic rings. The number of para-hydroxylation sites is 1. The van der Waals surface area contributed by atoms with E-state index in [0.29, 0.717) is 5.56 Å². The first-order chi connectivity index (χ1) is 7.65. The largest absolute Gasteiger partial charge is 0.478 e. The Bertz CT molecular complexity index is 540. The number of aryl methyl sites for hydroxylation is 2. The maximum Gasteiger partial charge on any atom is 0.337 e. The zero-order chi connectivity index (χ0) is 11.7. The van der Waals surface area contributed by atoms with Crippen LogP contribution in [0.25, 0.3) is 10.9 Å². The van der Waals surface area contributed by atoms with Crippen molar-refractivity contribution in [2.75, 3.05) is 0 Å². The second-order valence-corrected chi connectivity index (χ2v) is 3.99. The number of hydrogen-bond donors (Lipinski definition) is 1. The van der Waals surface area contributed by atoms with Gasteiger partial charge in [0.15, 0.2) is 0 Å². The quantitative estimate of drug-likeness (QED) is 0.858. The van der Waals surface area contributed by atoms with Crippen LogP contribution in [0.15, 0.2) is 24.3 Å². The number of rotatable bonds is 3. The van der Waals surface area contributed by atoms with Crippen molar-refractivity contribution in [1.29, 1.82) is 0 Å². The predicted molar refractivity (Wildman–Crippen MR) is 63.9 cm³/mol. The van der Waals surface area contributed by atoms with E-state index in [4.69, 9.17) is 0 Å². The molecule has 1 heterocycles. The molecule has 0 aliphatic heterocycles. The van der Waals surface area contributed by atoms with Gasteiger partial charge in [-0.15, -0.1) is 0 Å². The summed E-state index contributed by atoms with van der Waals surface area (Å²) in [6.07, 6.45) is 0.999. The Morgan fingerprint density at radius 1 is 1.44 bits per heavy atom. The highest BCUT2D eigenvalue weighted by Crippen LogP contribution is 2.23. The van der Waals surface area contributed by atoms with Crippen LogP contribution in [0.3, 0.4) is 0 Å². The maximum atomic E-state index is 11.2. The summed E-state index contributed by atoms with van der Waals surface area (Å²) in [7, 11) is 0. The number of hydrogen-bond acceptors (Lipinski definition) is 1. The first-order valence-electron chi connectivity index (χ1n) is 5.47. The number of aromatic carboxylic acids is 1. The Morgan fingerprint density at radius 2 is 2.19 bits per heavy atom. The van der Waals surface area contributed by atoms with Crippen LogP contribution in [-0.2, 0) is 6.54 Å². The van der Waals surface area contributed by atoms with Crippen molar-refractivity contribution in [3.05, 3.63) is 35.5 Å². The topological polar surface area (TPSA) is 42.2 Å². The normalized spacial score (nSPS) is 10.9. The highest BCUT2D eigenvalue weighted by molar-refractivity contribution is 6.02. The van der Waals surface area contributed by atoms with Crippen LogP contribution in [0.1, 0.15) is 29.4 Å². The van der Waals surface area contributed by atoms with E-state index in [-0.39, 0.29) is 0 Å². The smallest absolute Gasteiger partial charge is 0.337 e. The fraction of sp³-hybridized carbons (Fsp3) is 0.308. The maximum absolute atomic E-state index is 11.2. The number of carboxylic acid groups (broad SMARTS) is 1. The molecule has 16 heavy (non-hydrogen) atoms. The number of carboxylic acids is 1. The molecule has 0 amide bonds. The summed E-state index contributed by atoms with van der Waals surface area (Å²) >= 11 is 0. The summed E-state index contributed by atoms with van der Waals surface area (Å²) in [6.45, 7) is 4.97. The van der Waals surface area contributed by atoms with Crippen LogP contribution in [0.5, 0.6) is 0 Å². The van der Waals surface area contributed by atoms with Crippen molar-refractivity contribution >= 4 is 16.9 Å². The minimum atomic E-state index is -0.860. The molecule has 1 aromatic heterocycles. The number of benzene rings is 1. The summed E-state index contributed by atoms with van der Waals surface area (Å²) in [6, 6.07) is 7.45. The van der Waals surface area contributed by atoms with Gasteiger partial charge in [-0.05, 0) is 25.5 Å². The van der Waals surface area contributed by atoms with Gasteiger partial charge in [0.05, 0.1) is 11.1 Å². The zero-order valence-corrected chi connectivity index (χ0v) is 9.53. The van der Waals surface area contributed by atoms with Crippen LogP contribution in [0.4, 0.5) is 0 Å². The summed E-state index contributed by atoms with van der Waals surface area (Å²) in [5.74, 6) is -0.860. The van der Waals surface area contributed by atoms with Gasteiger partial charge in [-0.25, -0.2) is 4.79 Å². The highest BCUT2D eigenvalue weighted by atomic mass is 16.4. The average Bonchev–Trinajstić information content (AvgIpc) is 2.55. The predicted octanol–water partition coefficient (Wildman–Crippen LogP) is 3.06. The van der Waals surface area contributed by atoms with Crippen molar-refractivity contribution in [2.24, 2.45) is 0 Å². The minimum absolute atomic E-state index is 0.388. The van der Waals surface area contributed by atoms with E-state index >= 15 is 0 Å². The number of nitrogens with zero attached hydrogens (tertiary/aromatic N) is 1. The van der Waals surface area contributed by atoms with E-state index in [1.54, 1.807) is 12.1 Å². The number of carbonyl (C=O) groups is 1. The lowest BCUT2D eigenvalue weighted by atomic mass is 10.1. The molecule has 2 aromatic rings. The van der Waals surface area contributed by atoms with E-state index in [1.165, 1.54) is 0 Å². The molecule has 1 aromatic carbocycles. The minimum Gasteiger partial charge on any atom is -0.478 e. The molecule has 0 aliphatic carbocycles. The molecule has 0 saturated heterocycles. The third-order valence-electron chi connectivity index (χ3n) is 2.80. The molecule has 0 bridgehead atoms. The van der Waals surface area contributed by atoms with Crippen molar-refractivity contribution in [1.82, 2.24) is 4.57 Å². The Hall–Kier alpha value is -1.77. The van der Waals surface area contributed by atoms with Crippen molar-refractivity contribution < 1.29 is 9.90 Å². The van der Waals surface area contributed by atoms with Crippen LogP contribution < -0.4 is 0 Å². The lowest BCUT2D eigenvalue weighted by molar-refractivity contribution is 0.0698. The van der Waals surface area contributed by atoms with E-state index in [1.807, 2.05) is 19.1 Å². The van der Waals surface area contributed by atoms with Gasteiger partial charge < -0.3 is 9.67 Å². The monoisotopic (exact) mass is 217 g/mol. The molecular weight excluding hydrogens is 202 g/mol. The number of fused-ring (bicyclic) bond motifs is 1. The third kappa shape index (κ3) is 1.58. The van der Waals surface area contributed by atoms with Gasteiger partial charge >= 0.3 is 5.97 Å². The van der Waals surface area contributed by atoms with E-state index in [9.17, 15) is 9.90 Å². The summed E-state index contributed by atoms with van der Waals surface area (Å²) in [5.41, 5.74) is 2.35. The molecule has 3 nitrogen and oxygen atoms in total. The second kappa shape index (κ2) is 4.00. The molecule has 0 fully saturated rings. The summed E-state index contributed by atoms with van der Waals surface area (Å²) in [5, 5.41) is 10.2. The lowest BCUT2D eigenvalue weighted by Gasteiger charge is -2.08. The van der Waals surface area contributed by atoms with Gasteiger partial charge in [-0.1, -0.05) is 19.1 Å². The van der Waals surface area contributed by atoms with Crippen molar-refractivity contribution in [2.45, 2.75) is 26.8 Å². The first-order valence-corrected chi connectivity index (χ1v) is 5.47. The van der Waals surface area contributed by atoms with Crippen molar-refractivity contribution in [3.8, 4) is 0 Å². The Labute approximate surface area is 94.3 Å². The zero-order valence-electron chi connectivity index (χ0n) is 9.53. The Balaban J connectivity index is 2.77. The summed E-state index contributed by atoms with van der Waals surface area (Å²) < 4.78 is 2.08. The van der Waals surface area contributed by atoms with Crippen molar-refractivity contribution in [3.63, 3.8) is 0 Å². The van der Waals surface area contributed by atoms with E-state index in [2.05, 4.69) is 11.5 Å². The van der Waals surface area contributed by atoms with Crippen LogP contribution in [-0.4, -0.2) is 15.6 Å². The third-order valence-corrected chi connectivity index (χ3v) is 2.80. The lowest BCUT2D eigenvalue weighted by Crippen LogP contribution is -2.04.